The molecule has 4 heterocycles. The smallest absolute Gasteiger partial charge is 0.263 e. The van der Waals surface area contributed by atoms with E-state index in [2.05, 4.69) is 10.3 Å². The second-order valence-corrected chi connectivity index (χ2v) is 10.8. The summed E-state index contributed by atoms with van der Waals surface area (Å²) in [6.45, 7) is 3.57. The van der Waals surface area contributed by atoms with Crippen LogP contribution in [0.4, 0.5) is 20.2 Å². The molecule has 0 radical (unpaired) electrons. The van der Waals surface area contributed by atoms with E-state index < -0.39 is 17.7 Å². The van der Waals surface area contributed by atoms with Gasteiger partial charge in [-0.25, -0.2) is 13.8 Å². The first-order valence-corrected chi connectivity index (χ1v) is 12.5. The van der Waals surface area contributed by atoms with Crippen molar-refractivity contribution in [2.45, 2.75) is 38.6 Å². The van der Waals surface area contributed by atoms with Crippen molar-refractivity contribution >= 4 is 38.8 Å². The van der Waals surface area contributed by atoms with Gasteiger partial charge in [0.15, 0.2) is 11.6 Å². The van der Waals surface area contributed by atoms with Crippen LogP contribution in [0.3, 0.4) is 0 Å². The Morgan fingerprint density at radius 3 is 2.76 bits per heavy atom. The zero-order valence-electron chi connectivity index (χ0n) is 18.9. The number of hydrogen-bond donors (Lipinski definition) is 2. The molecule has 34 heavy (non-hydrogen) atoms. The number of hydrogen-bond acceptors (Lipinski definition) is 6. The number of amides is 1. The van der Waals surface area contributed by atoms with Crippen LogP contribution >= 0.6 is 11.3 Å². The summed E-state index contributed by atoms with van der Waals surface area (Å²) in [4.78, 5) is 20.4. The molecule has 2 bridgehead atoms. The number of fused-ring (bicyclic) bond motifs is 4. The van der Waals surface area contributed by atoms with E-state index in [0.717, 1.165) is 37.0 Å². The van der Waals surface area contributed by atoms with Crippen LogP contribution in [0, 0.1) is 30.4 Å². The monoisotopic (exact) mass is 484 g/mol. The third-order valence-corrected chi connectivity index (χ3v) is 8.47. The van der Waals surface area contributed by atoms with Gasteiger partial charge in [-0.15, -0.1) is 11.3 Å². The number of benzene rings is 1. The number of nitrogen functional groups attached to an aromatic ring is 1. The number of anilines is 2. The highest BCUT2D eigenvalue weighted by molar-refractivity contribution is 7.21. The molecule has 1 aromatic carbocycles. The van der Waals surface area contributed by atoms with Gasteiger partial charge in [0.2, 0.25) is 0 Å². The Morgan fingerprint density at radius 2 is 2.00 bits per heavy atom. The molecule has 1 saturated carbocycles. The highest BCUT2D eigenvalue weighted by Crippen LogP contribution is 2.42. The van der Waals surface area contributed by atoms with Gasteiger partial charge in [-0.05, 0) is 50.2 Å². The highest BCUT2D eigenvalue weighted by Gasteiger charge is 2.36. The fourth-order valence-electron chi connectivity index (χ4n) is 5.68. The Hall–Kier alpha value is -2.94. The number of carbonyl (C=O) groups excluding carboxylic acids is 1. The second-order valence-electron chi connectivity index (χ2n) is 9.79. The molecular weight excluding hydrogens is 458 g/mol. The largest absolute Gasteiger partial charge is 0.491 e. The van der Waals surface area contributed by atoms with Gasteiger partial charge in [0, 0.05) is 42.2 Å². The molecule has 6 rings (SSSR count). The van der Waals surface area contributed by atoms with Crippen molar-refractivity contribution in [2.75, 3.05) is 30.3 Å². The SMILES string of the molecule is Cc1ccc2c(N)c(C(=O)N[C@@H]3COc4cc(N5CC6CCC(C6)C5)c(F)c(F)c4C3)sc2n1. The van der Waals surface area contributed by atoms with Crippen molar-refractivity contribution in [3.63, 3.8) is 0 Å². The average Bonchev–Trinajstić information content (AvgIpc) is 3.33. The minimum Gasteiger partial charge on any atom is -0.491 e. The molecule has 3 atom stereocenters. The molecule has 3 aromatic rings. The topological polar surface area (TPSA) is 80.5 Å². The molecule has 6 nitrogen and oxygen atoms in total. The second kappa shape index (κ2) is 8.08. The molecular formula is C25H26F2N4O2S. The minimum atomic E-state index is -0.884. The van der Waals surface area contributed by atoms with Gasteiger partial charge in [0.1, 0.15) is 22.1 Å². The summed E-state index contributed by atoms with van der Waals surface area (Å²) >= 11 is 1.22. The summed E-state index contributed by atoms with van der Waals surface area (Å²) in [6.07, 6.45) is 3.66. The zero-order valence-corrected chi connectivity index (χ0v) is 19.7. The van der Waals surface area contributed by atoms with Crippen LogP contribution in [0.15, 0.2) is 18.2 Å². The van der Waals surface area contributed by atoms with Gasteiger partial charge in [-0.2, -0.15) is 0 Å². The number of aromatic nitrogens is 1. The van der Waals surface area contributed by atoms with Crippen LogP contribution in [0.1, 0.15) is 40.2 Å². The lowest BCUT2D eigenvalue weighted by molar-refractivity contribution is 0.0919. The Labute approximate surface area is 200 Å². The maximum absolute atomic E-state index is 15.2. The van der Waals surface area contributed by atoms with Crippen LogP contribution in [0.25, 0.3) is 10.2 Å². The Kier molecular flexibility index (Phi) is 5.13. The molecule has 178 valence electrons. The third-order valence-electron chi connectivity index (χ3n) is 7.36. The van der Waals surface area contributed by atoms with Gasteiger partial charge >= 0.3 is 0 Å². The summed E-state index contributed by atoms with van der Waals surface area (Å²) in [5, 5.41) is 3.61. The number of nitrogens with one attached hydrogen (secondary N) is 1. The van der Waals surface area contributed by atoms with Crippen molar-refractivity contribution < 1.29 is 18.3 Å². The van der Waals surface area contributed by atoms with Crippen LogP contribution in [-0.2, 0) is 6.42 Å². The molecule has 9 heteroatoms. The van der Waals surface area contributed by atoms with Crippen molar-refractivity contribution in [1.82, 2.24) is 10.3 Å². The van der Waals surface area contributed by atoms with Gasteiger partial charge < -0.3 is 20.7 Å². The van der Waals surface area contributed by atoms with E-state index in [0.29, 0.717) is 33.0 Å². The summed E-state index contributed by atoms with van der Waals surface area (Å²) < 4.78 is 36.1. The van der Waals surface area contributed by atoms with E-state index in [1.54, 1.807) is 6.07 Å². The van der Waals surface area contributed by atoms with Crippen LogP contribution in [0.2, 0.25) is 0 Å². The summed E-state index contributed by atoms with van der Waals surface area (Å²) in [7, 11) is 0. The molecule has 2 fully saturated rings. The highest BCUT2D eigenvalue weighted by atomic mass is 32.1. The molecule has 1 amide bonds. The number of piperidine rings is 1. The number of aryl methyl sites for hydroxylation is 1. The lowest BCUT2D eigenvalue weighted by Crippen LogP contribution is -2.43. The predicted molar refractivity (Wildman–Crippen MR) is 129 cm³/mol. The molecule has 1 aliphatic carbocycles. The van der Waals surface area contributed by atoms with E-state index in [9.17, 15) is 4.79 Å². The van der Waals surface area contributed by atoms with Crippen molar-refractivity contribution in [1.29, 1.82) is 0 Å². The van der Waals surface area contributed by atoms with Gasteiger partial charge in [-0.3, -0.25) is 4.79 Å². The van der Waals surface area contributed by atoms with Crippen molar-refractivity contribution in [3.05, 3.63) is 46.0 Å². The van der Waals surface area contributed by atoms with Crippen LogP contribution in [-0.4, -0.2) is 36.6 Å². The molecule has 1 saturated heterocycles. The first kappa shape index (κ1) is 21.6. The summed E-state index contributed by atoms with van der Waals surface area (Å²) in [6, 6.07) is 4.84. The molecule has 2 aromatic heterocycles. The molecule has 3 N–H and O–H groups in total. The quantitative estimate of drug-likeness (QED) is 0.575. The molecule has 2 unspecified atom stereocenters. The van der Waals surface area contributed by atoms with Gasteiger partial charge in [0.25, 0.3) is 5.91 Å². The number of halogens is 2. The fourth-order valence-corrected chi connectivity index (χ4v) is 6.72. The number of thiophene rings is 1. The van der Waals surface area contributed by atoms with Crippen LogP contribution in [0.5, 0.6) is 5.75 Å². The minimum absolute atomic E-state index is 0.150. The van der Waals surface area contributed by atoms with E-state index in [1.807, 2.05) is 24.0 Å². The first-order valence-electron chi connectivity index (χ1n) is 11.7. The maximum Gasteiger partial charge on any atom is 0.263 e. The molecule has 2 aliphatic heterocycles. The Balaban J connectivity index is 1.22. The number of rotatable bonds is 3. The van der Waals surface area contributed by atoms with Gasteiger partial charge in [0.05, 0.1) is 17.4 Å². The van der Waals surface area contributed by atoms with E-state index in [4.69, 9.17) is 10.5 Å². The number of ether oxygens (including phenoxy) is 1. The normalized spacial score (nSPS) is 23.6. The maximum atomic E-state index is 15.2. The lowest BCUT2D eigenvalue weighted by Gasteiger charge is -2.35. The lowest BCUT2D eigenvalue weighted by atomic mass is 9.96. The van der Waals surface area contributed by atoms with E-state index >= 15 is 8.78 Å². The van der Waals surface area contributed by atoms with Crippen molar-refractivity contribution in [3.8, 4) is 5.75 Å². The summed E-state index contributed by atoms with van der Waals surface area (Å²) in [5.74, 6) is -0.609. The zero-order chi connectivity index (χ0) is 23.6. The number of nitrogens with zero attached hydrogens (tertiary/aromatic N) is 2. The van der Waals surface area contributed by atoms with E-state index in [-0.39, 0.29) is 30.2 Å². The van der Waals surface area contributed by atoms with E-state index in [1.165, 1.54) is 17.8 Å². The number of nitrogens with two attached hydrogens (primary N) is 1. The third kappa shape index (κ3) is 3.57. The average molecular weight is 485 g/mol. The van der Waals surface area contributed by atoms with Gasteiger partial charge in [-0.1, -0.05) is 0 Å². The Morgan fingerprint density at radius 1 is 1.24 bits per heavy atom. The fraction of sp³-hybridized carbons (Fsp3) is 0.440. The standard InChI is InChI=1S/C25H26F2N4O2S/c1-12-2-5-16-22(28)23(34-25(16)29-12)24(32)30-15-7-17-19(33-11-15)8-18(21(27)20(17)26)31-9-13-3-4-14(6-13)10-31/h2,5,8,13-15H,3-4,6-7,9-11,28H2,1H3,(H,30,32)/t13?,14?,15-/m0/s1. The van der Waals surface area contributed by atoms with Crippen molar-refractivity contribution in [2.24, 2.45) is 11.8 Å². The van der Waals surface area contributed by atoms with Crippen LogP contribution < -0.4 is 20.7 Å². The molecule has 0 spiro atoms. The number of carbonyl (C=O) groups is 1. The summed E-state index contributed by atoms with van der Waals surface area (Å²) in [5.41, 5.74) is 7.86. The predicted octanol–water partition coefficient (Wildman–Crippen LogP) is 4.43. The first-order chi connectivity index (χ1) is 16.4. The Bertz CT molecular complexity index is 1300. The number of pyridine rings is 1. The molecule has 3 aliphatic rings.